The lowest BCUT2D eigenvalue weighted by molar-refractivity contribution is -0.125. The second kappa shape index (κ2) is 4.85. The van der Waals surface area contributed by atoms with Crippen LogP contribution in [0.25, 0.3) is 10.8 Å². The molecule has 104 valence electrons. The minimum Gasteiger partial charge on any atom is -0.379 e. The predicted molar refractivity (Wildman–Crippen MR) is 77.3 cm³/mol. The van der Waals surface area contributed by atoms with Crippen molar-refractivity contribution in [2.24, 2.45) is 11.1 Å². The highest BCUT2D eigenvalue weighted by Crippen LogP contribution is 2.30. The molecule has 2 unspecified atom stereocenters. The molecule has 2 atom stereocenters. The molecular weight excluding hydrogens is 254 g/mol. The van der Waals surface area contributed by atoms with E-state index in [1.54, 1.807) is 12.4 Å². The molecule has 1 fully saturated rings. The van der Waals surface area contributed by atoms with Gasteiger partial charge in [-0.2, -0.15) is 0 Å². The molecule has 1 aliphatic heterocycles. The van der Waals surface area contributed by atoms with Gasteiger partial charge in [-0.25, -0.2) is 0 Å². The van der Waals surface area contributed by atoms with Gasteiger partial charge < -0.3 is 15.8 Å². The molecule has 0 spiro atoms. The first-order valence-corrected chi connectivity index (χ1v) is 6.59. The molecule has 0 aliphatic carbocycles. The van der Waals surface area contributed by atoms with Crippen LogP contribution in [0.15, 0.2) is 36.7 Å². The number of pyridine rings is 1. The molecular formula is C15H17N3O2. The van der Waals surface area contributed by atoms with Gasteiger partial charge in [-0.3, -0.25) is 9.78 Å². The van der Waals surface area contributed by atoms with E-state index in [1.807, 2.05) is 31.2 Å². The summed E-state index contributed by atoms with van der Waals surface area (Å²) < 4.78 is 5.32. The number of benzene rings is 1. The van der Waals surface area contributed by atoms with Crippen LogP contribution in [0.4, 0.5) is 5.69 Å². The number of nitrogens with two attached hydrogens (primary N) is 1. The highest BCUT2D eigenvalue weighted by molar-refractivity contribution is 6.04. The number of carbonyl (C=O) groups excluding carboxylic acids is 1. The van der Waals surface area contributed by atoms with Crippen LogP contribution in [-0.2, 0) is 9.53 Å². The van der Waals surface area contributed by atoms with Crippen LogP contribution >= 0.6 is 0 Å². The third-order valence-electron chi connectivity index (χ3n) is 3.97. The molecule has 0 saturated carbocycles. The Labute approximate surface area is 117 Å². The van der Waals surface area contributed by atoms with E-state index < -0.39 is 5.41 Å². The Morgan fingerprint density at radius 1 is 1.50 bits per heavy atom. The summed E-state index contributed by atoms with van der Waals surface area (Å²) in [4.78, 5) is 16.6. The topological polar surface area (TPSA) is 77.2 Å². The Morgan fingerprint density at radius 3 is 3.10 bits per heavy atom. The Kier molecular flexibility index (Phi) is 3.16. The summed E-state index contributed by atoms with van der Waals surface area (Å²) in [5.74, 6) is -0.105. The van der Waals surface area contributed by atoms with E-state index in [9.17, 15) is 4.79 Å². The number of anilines is 1. The lowest BCUT2D eigenvalue weighted by Crippen LogP contribution is -2.47. The van der Waals surface area contributed by atoms with Gasteiger partial charge in [-0.05, 0) is 19.1 Å². The molecule has 3 rings (SSSR count). The first-order valence-electron chi connectivity index (χ1n) is 6.59. The molecule has 1 aliphatic rings. The lowest BCUT2D eigenvalue weighted by Gasteiger charge is -2.25. The molecule has 1 aromatic heterocycles. The van der Waals surface area contributed by atoms with E-state index in [4.69, 9.17) is 10.5 Å². The fourth-order valence-electron chi connectivity index (χ4n) is 2.42. The average molecular weight is 271 g/mol. The number of ether oxygens (including phenoxy) is 1. The Morgan fingerprint density at radius 2 is 2.35 bits per heavy atom. The van der Waals surface area contributed by atoms with E-state index in [1.165, 1.54) is 0 Å². The monoisotopic (exact) mass is 271 g/mol. The summed E-state index contributed by atoms with van der Waals surface area (Å²) in [5.41, 5.74) is 6.07. The van der Waals surface area contributed by atoms with E-state index in [-0.39, 0.29) is 11.9 Å². The molecule has 2 aromatic rings. The van der Waals surface area contributed by atoms with Gasteiger partial charge in [0.05, 0.1) is 18.6 Å². The second-order valence-electron chi connectivity index (χ2n) is 5.40. The first-order chi connectivity index (χ1) is 9.61. The van der Waals surface area contributed by atoms with Gasteiger partial charge in [0.1, 0.15) is 0 Å². The van der Waals surface area contributed by atoms with Crippen molar-refractivity contribution in [2.45, 2.75) is 13.0 Å². The zero-order chi connectivity index (χ0) is 14.2. The van der Waals surface area contributed by atoms with E-state index in [0.717, 1.165) is 16.5 Å². The van der Waals surface area contributed by atoms with Crippen molar-refractivity contribution in [1.29, 1.82) is 0 Å². The molecule has 0 bridgehead atoms. The number of fused-ring (bicyclic) bond motifs is 1. The third-order valence-corrected chi connectivity index (χ3v) is 3.97. The van der Waals surface area contributed by atoms with Gasteiger partial charge >= 0.3 is 0 Å². The van der Waals surface area contributed by atoms with Crippen LogP contribution in [0.1, 0.15) is 6.92 Å². The Hall–Kier alpha value is -1.98. The van der Waals surface area contributed by atoms with Crippen LogP contribution in [0.2, 0.25) is 0 Å². The van der Waals surface area contributed by atoms with E-state index >= 15 is 0 Å². The molecule has 3 N–H and O–H groups in total. The third kappa shape index (κ3) is 2.05. The number of hydrogen-bond acceptors (Lipinski definition) is 4. The lowest BCUT2D eigenvalue weighted by atomic mass is 9.84. The van der Waals surface area contributed by atoms with E-state index in [2.05, 4.69) is 10.3 Å². The van der Waals surface area contributed by atoms with Gasteiger partial charge in [0.25, 0.3) is 0 Å². The summed E-state index contributed by atoms with van der Waals surface area (Å²) >= 11 is 0. The zero-order valence-electron chi connectivity index (χ0n) is 11.3. The number of aromatic nitrogens is 1. The van der Waals surface area contributed by atoms with Crippen molar-refractivity contribution >= 4 is 22.4 Å². The molecule has 5 heteroatoms. The van der Waals surface area contributed by atoms with Gasteiger partial charge in [0.2, 0.25) is 5.91 Å². The largest absolute Gasteiger partial charge is 0.379 e. The molecule has 5 nitrogen and oxygen atoms in total. The normalized spacial score (nSPS) is 25.8. The van der Waals surface area contributed by atoms with Gasteiger partial charge in [-0.1, -0.05) is 12.1 Å². The number of carbonyl (C=O) groups is 1. The highest BCUT2D eigenvalue weighted by Gasteiger charge is 2.44. The summed E-state index contributed by atoms with van der Waals surface area (Å²) in [6.07, 6.45) is 3.49. The fraction of sp³-hybridized carbons (Fsp3) is 0.333. The number of hydrogen-bond donors (Lipinski definition) is 2. The summed E-state index contributed by atoms with van der Waals surface area (Å²) in [6.45, 7) is 2.61. The number of nitrogens with one attached hydrogen (secondary N) is 1. The minimum absolute atomic E-state index is 0.105. The van der Waals surface area contributed by atoms with Gasteiger partial charge in [0.15, 0.2) is 0 Å². The van der Waals surface area contributed by atoms with Crippen molar-refractivity contribution < 1.29 is 9.53 Å². The van der Waals surface area contributed by atoms with Crippen LogP contribution < -0.4 is 11.1 Å². The number of rotatable bonds is 2. The maximum atomic E-state index is 12.5. The van der Waals surface area contributed by atoms with Crippen LogP contribution in [0, 0.1) is 5.41 Å². The van der Waals surface area contributed by atoms with Crippen LogP contribution in [0.5, 0.6) is 0 Å². The number of nitrogens with zero attached hydrogens (tertiary/aromatic N) is 1. The molecule has 2 heterocycles. The van der Waals surface area contributed by atoms with Crippen molar-refractivity contribution in [3.05, 3.63) is 36.7 Å². The summed E-state index contributed by atoms with van der Waals surface area (Å²) in [7, 11) is 0. The quantitative estimate of drug-likeness (QED) is 0.868. The SMILES string of the molecule is CC1(C(=O)Nc2cccc3cnccc23)COCC1N. The first kappa shape index (κ1) is 13.0. The van der Waals surface area contributed by atoms with E-state index in [0.29, 0.717) is 13.2 Å². The molecule has 20 heavy (non-hydrogen) atoms. The minimum atomic E-state index is -0.685. The number of amides is 1. The van der Waals surface area contributed by atoms with Crippen molar-refractivity contribution in [3.63, 3.8) is 0 Å². The van der Waals surface area contributed by atoms with Crippen LogP contribution in [-0.4, -0.2) is 30.1 Å². The maximum absolute atomic E-state index is 12.5. The second-order valence-corrected chi connectivity index (χ2v) is 5.40. The summed E-state index contributed by atoms with van der Waals surface area (Å²) in [5, 5.41) is 4.92. The van der Waals surface area contributed by atoms with Crippen molar-refractivity contribution in [1.82, 2.24) is 4.98 Å². The smallest absolute Gasteiger partial charge is 0.234 e. The highest BCUT2D eigenvalue weighted by atomic mass is 16.5. The average Bonchev–Trinajstić information content (AvgIpc) is 2.80. The summed E-state index contributed by atoms with van der Waals surface area (Å²) in [6, 6.07) is 7.35. The Balaban J connectivity index is 1.92. The predicted octanol–water partition coefficient (Wildman–Crippen LogP) is 1.54. The van der Waals surface area contributed by atoms with Crippen molar-refractivity contribution in [2.75, 3.05) is 18.5 Å². The standard InChI is InChI=1S/C15H17N3O2/c1-15(9-20-8-13(15)16)14(19)18-12-4-2-3-10-7-17-6-5-11(10)12/h2-7,13H,8-9,16H2,1H3,(H,18,19). The van der Waals surface area contributed by atoms with Crippen molar-refractivity contribution in [3.8, 4) is 0 Å². The maximum Gasteiger partial charge on any atom is 0.234 e. The van der Waals surface area contributed by atoms with Gasteiger partial charge in [0, 0.05) is 34.9 Å². The molecule has 1 aromatic carbocycles. The molecule has 1 amide bonds. The fourth-order valence-corrected chi connectivity index (χ4v) is 2.42. The zero-order valence-corrected chi connectivity index (χ0v) is 11.3. The Bertz CT molecular complexity index is 653. The van der Waals surface area contributed by atoms with Crippen LogP contribution in [0.3, 0.4) is 0 Å². The molecule has 1 saturated heterocycles. The molecule has 0 radical (unpaired) electrons. The van der Waals surface area contributed by atoms with Gasteiger partial charge in [-0.15, -0.1) is 0 Å².